The van der Waals surface area contributed by atoms with Crippen molar-refractivity contribution in [2.75, 3.05) is 18.5 Å². The van der Waals surface area contributed by atoms with Crippen molar-refractivity contribution in [1.82, 2.24) is 4.98 Å². The topological polar surface area (TPSA) is 16.1 Å². The second kappa shape index (κ2) is 3.96. The molecule has 0 aliphatic heterocycles. The quantitative estimate of drug-likeness (QED) is 0.650. The molecule has 0 amide bonds. The lowest BCUT2D eigenvalue weighted by Gasteiger charge is -2.16. The predicted molar refractivity (Wildman–Crippen MR) is 47.5 cm³/mol. The van der Waals surface area contributed by atoms with Crippen molar-refractivity contribution >= 4 is 5.69 Å². The Morgan fingerprint density at radius 1 is 1.64 bits per heavy atom. The molecule has 0 saturated heterocycles. The second-order valence-corrected chi connectivity index (χ2v) is 2.49. The Morgan fingerprint density at radius 3 is 3.00 bits per heavy atom. The van der Waals surface area contributed by atoms with Crippen LogP contribution in [0.1, 0.15) is 6.42 Å². The number of pyridine rings is 1. The van der Waals surface area contributed by atoms with Gasteiger partial charge in [-0.25, -0.2) is 0 Å². The molecule has 1 rings (SSSR count). The van der Waals surface area contributed by atoms with Gasteiger partial charge in [0.15, 0.2) is 0 Å². The van der Waals surface area contributed by atoms with Gasteiger partial charge >= 0.3 is 0 Å². The third-order valence-electron chi connectivity index (χ3n) is 1.58. The molecule has 0 N–H and O–H groups in total. The van der Waals surface area contributed by atoms with Gasteiger partial charge in [0.05, 0.1) is 11.9 Å². The zero-order chi connectivity index (χ0) is 8.10. The van der Waals surface area contributed by atoms with Gasteiger partial charge in [-0.3, -0.25) is 4.98 Å². The van der Waals surface area contributed by atoms with Crippen molar-refractivity contribution in [2.45, 2.75) is 6.42 Å². The van der Waals surface area contributed by atoms with Gasteiger partial charge in [-0.2, -0.15) is 0 Å². The Hall–Kier alpha value is -1.05. The minimum atomic E-state index is 0.922. The summed E-state index contributed by atoms with van der Waals surface area (Å²) in [6.07, 6.45) is 4.56. The molecule has 1 aromatic rings. The number of anilines is 1. The molecular formula is C9H13N2. The molecule has 0 aromatic carbocycles. The lowest BCUT2D eigenvalue weighted by Crippen LogP contribution is -2.17. The molecular weight excluding hydrogens is 136 g/mol. The number of hydrogen-bond donors (Lipinski definition) is 0. The van der Waals surface area contributed by atoms with Crippen molar-refractivity contribution < 1.29 is 0 Å². The predicted octanol–water partition coefficient (Wildman–Crippen LogP) is 1.74. The minimum absolute atomic E-state index is 0.922. The summed E-state index contributed by atoms with van der Waals surface area (Å²) < 4.78 is 0. The van der Waals surface area contributed by atoms with Crippen LogP contribution in [0, 0.1) is 6.92 Å². The van der Waals surface area contributed by atoms with Gasteiger partial charge in [0, 0.05) is 19.8 Å². The molecule has 0 unspecified atom stereocenters. The molecule has 2 heteroatoms. The highest BCUT2D eigenvalue weighted by molar-refractivity contribution is 5.42. The standard InChI is InChI=1S/C9H13N2/c1-3-7-11(2)9-5-4-6-10-8-9/h4-6,8H,1,3,7H2,2H3. The molecule has 11 heavy (non-hydrogen) atoms. The monoisotopic (exact) mass is 149 g/mol. The van der Waals surface area contributed by atoms with Gasteiger partial charge in [0.1, 0.15) is 0 Å². The van der Waals surface area contributed by atoms with Crippen LogP contribution in [-0.2, 0) is 0 Å². The molecule has 1 aromatic heterocycles. The highest BCUT2D eigenvalue weighted by atomic mass is 15.1. The maximum Gasteiger partial charge on any atom is 0.0550 e. The summed E-state index contributed by atoms with van der Waals surface area (Å²) in [6.45, 7) is 4.77. The summed E-state index contributed by atoms with van der Waals surface area (Å²) in [5, 5.41) is 0. The Morgan fingerprint density at radius 2 is 2.45 bits per heavy atom. The molecule has 0 aliphatic rings. The number of nitrogens with zero attached hydrogens (tertiary/aromatic N) is 2. The van der Waals surface area contributed by atoms with Crippen LogP contribution in [0.15, 0.2) is 24.5 Å². The summed E-state index contributed by atoms with van der Waals surface area (Å²) in [5.41, 5.74) is 1.15. The Labute approximate surface area is 67.9 Å². The molecule has 0 bridgehead atoms. The normalized spacial score (nSPS) is 9.64. The summed E-state index contributed by atoms with van der Waals surface area (Å²) >= 11 is 0. The summed E-state index contributed by atoms with van der Waals surface area (Å²) in [5.74, 6) is 0. The first-order valence-corrected chi connectivity index (χ1v) is 3.75. The zero-order valence-electron chi connectivity index (χ0n) is 6.83. The van der Waals surface area contributed by atoms with Crippen LogP contribution < -0.4 is 4.90 Å². The van der Waals surface area contributed by atoms with E-state index >= 15 is 0 Å². The first-order valence-electron chi connectivity index (χ1n) is 3.75. The van der Waals surface area contributed by atoms with Gasteiger partial charge in [-0.05, 0) is 18.6 Å². The Balaban J connectivity index is 2.61. The second-order valence-electron chi connectivity index (χ2n) is 2.49. The van der Waals surface area contributed by atoms with Gasteiger partial charge in [0.2, 0.25) is 0 Å². The highest BCUT2D eigenvalue weighted by Crippen LogP contribution is 2.08. The van der Waals surface area contributed by atoms with Gasteiger partial charge in [0.25, 0.3) is 0 Å². The van der Waals surface area contributed by atoms with E-state index in [4.69, 9.17) is 0 Å². The first-order chi connectivity index (χ1) is 5.34. The number of aromatic nitrogens is 1. The van der Waals surface area contributed by atoms with Crippen LogP contribution >= 0.6 is 0 Å². The average Bonchev–Trinajstić information content (AvgIpc) is 2.07. The minimum Gasteiger partial charge on any atom is -0.373 e. The van der Waals surface area contributed by atoms with E-state index in [1.807, 2.05) is 25.4 Å². The fourth-order valence-corrected chi connectivity index (χ4v) is 0.946. The Bertz CT molecular complexity index is 196. The third-order valence-corrected chi connectivity index (χ3v) is 1.58. The molecule has 2 nitrogen and oxygen atoms in total. The van der Waals surface area contributed by atoms with E-state index in [2.05, 4.69) is 16.8 Å². The maximum atomic E-state index is 4.03. The van der Waals surface area contributed by atoms with E-state index in [1.165, 1.54) is 0 Å². The lowest BCUT2D eigenvalue weighted by molar-refractivity contribution is 0.893. The van der Waals surface area contributed by atoms with Gasteiger partial charge in [-0.15, -0.1) is 0 Å². The van der Waals surface area contributed by atoms with E-state index in [0.717, 1.165) is 18.7 Å². The van der Waals surface area contributed by atoms with Crippen LogP contribution in [-0.4, -0.2) is 18.6 Å². The summed E-state index contributed by atoms with van der Waals surface area (Å²) in [6, 6.07) is 3.98. The van der Waals surface area contributed by atoms with Crippen LogP contribution in [0.25, 0.3) is 0 Å². The van der Waals surface area contributed by atoms with E-state index in [0.29, 0.717) is 0 Å². The molecule has 0 fully saturated rings. The molecule has 1 radical (unpaired) electrons. The van der Waals surface area contributed by atoms with Crippen molar-refractivity contribution in [3.63, 3.8) is 0 Å². The fourth-order valence-electron chi connectivity index (χ4n) is 0.946. The lowest BCUT2D eigenvalue weighted by atomic mass is 10.3. The van der Waals surface area contributed by atoms with Crippen LogP contribution in [0.3, 0.4) is 0 Å². The van der Waals surface area contributed by atoms with Crippen molar-refractivity contribution in [2.24, 2.45) is 0 Å². The maximum absolute atomic E-state index is 4.03. The van der Waals surface area contributed by atoms with Crippen molar-refractivity contribution in [3.05, 3.63) is 31.5 Å². The molecule has 0 saturated carbocycles. The Kier molecular flexibility index (Phi) is 2.90. The largest absolute Gasteiger partial charge is 0.373 e. The van der Waals surface area contributed by atoms with E-state index in [1.54, 1.807) is 6.20 Å². The SMILES string of the molecule is [CH2]CCN(C)c1cccnc1. The fraction of sp³-hybridized carbons (Fsp3) is 0.333. The molecule has 0 spiro atoms. The van der Waals surface area contributed by atoms with E-state index in [-0.39, 0.29) is 0 Å². The molecule has 0 aliphatic carbocycles. The van der Waals surface area contributed by atoms with Crippen LogP contribution in [0.2, 0.25) is 0 Å². The average molecular weight is 149 g/mol. The number of hydrogen-bond acceptors (Lipinski definition) is 2. The van der Waals surface area contributed by atoms with Crippen LogP contribution in [0.5, 0.6) is 0 Å². The van der Waals surface area contributed by atoms with E-state index in [9.17, 15) is 0 Å². The first kappa shape index (κ1) is 8.05. The van der Waals surface area contributed by atoms with Crippen molar-refractivity contribution in [3.8, 4) is 0 Å². The molecule has 59 valence electrons. The summed E-state index contributed by atoms with van der Waals surface area (Å²) in [7, 11) is 2.04. The molecule has 1 heterocycles. The van der Waals surface area contributed by atoms with Gasteiger partial charge < -0.3 is 4.90 Å². The zero-order valence-corrected chi connectivity index (χ0v) is 6.83. The summed E-state index contributed by atoms with van der Waals surface area (Å²) in [4.78, 5) is 6.16. The molecule has 0 atom stereocenters. The van der Waals surface area contributed by atoms with E-state index < -0.39 is 0 Å². The number of rotatable bonds is 3. The smallest absolute Gasteiger partial charge is 0.0550 e. The third kappa shape index (κ3) is 2.22. The van der Waals surface area contributed by atoms with Crippen LogP contribution in [0.4, 0.5) is 5.69 Å². The van der Waals surface area contributed by atoms with Crippen molar-refractivity contribution in [1.29, 1.82) is 0 Å². The highest BCUT2D eigenvalue weighted by Gasteiger charge is 1.96. The van der Waals surface area contributed by atoms with Gasteiger partial charge in [-0.1, -0.05) is 6.92 Å².